The van der Waals surface area contributed by atoms with Gasteiger partial charge in [-0.1, -0.05) is 51.1 Å². The molecule has 0 aliphatic heterocycles. The van der Waals surface area contributed by atoms with Gasteiger partial charge in [-0.3, -0.25) is 9.59 Å². The van der Waals surface area contributed by atoms with Gasteiger partial charge in [-0.05, 0) is 29.2 Å². The van der Waals surface area contributed by atoms with Crippen molar-refractivity contribution in [3.63, 3.8) is 0 Å². The molecule has 6 nitrogen and oxygen atoms in total. The number of hydrogen-bond donors (Lipinski definition) is 2. The summed E-state index contributed by atoms with van der Waals surface area (Å²) in [6.45, 7) is 6.89. The minimum Gasteiger partial charge on any atom is -0.370 e. The molecule has 0 saturated carbocycles. The van der Waals surface area contributed by atoms with Crippen LogP contribution in [-0.2, 0) is 16.8 Å². The number of amides is 2. The number of nitrogens with one attached hydrogen (secondary N) is 1. The Balaban J connectivity index is 1.74. The number of nitrogens with zero attached hydrogens (tertiary/aromatic N) is 2. The zero-order valence-corrected chi connectivity index (χ0v) is 17.0. The lowest BCUT2D eigenvalue weighted by Gasteiger charge is -2.18. The SMILES string of the molecule is CC(C)(C)c1ccc(C(=O)N/N=C\c2cn(CCC(N)=O)c3ccccc23)cc1. The van der Waals surface area contributed by atoms with E-state index in [9.17, 15) is 9.59 Å². The zero-order chi connectivity index (χ0) is 21.0. The predicted molar refractivity (Wildman–Crippen MR) is 116 cm³/mol. The van der Waals surface area contributed by atoms with Crippen LogP contribution < -0.4 is 11.2 Å². The van der Waals surface area contributed by atoms with Crippen molar-refractivity contribution in [2.75, 3.05) is 0 Å². The molecule has 0 unspecified atom stereocenters. The molecule has 0 aliphatic rings. The first-order valence-corrected chi connectivity index (χ1v) is 9.56. The second kappa shape index (κ2) is 8.31. The number of rotatable bonds is 6. The van der Waals surface area contributed by atoms with E-state index >= 15 is 0 Å². The molecule has 0 aliphatic carbocycles. The van der Waals surface area contributed by atoms with Gasteiger partial charge in [0.1, 0.15) is 0 Å². The molecule has 1 aromatic heterocycles. The van der Waals surface area contributed by atoms with Crippen LogP contribution >= 0.6 is 0 Å². The second-order valence-corrected chi connectivity index (χ2v) is 8.04. The minimum atomic E-state index is -0.345. The third kappa shape index (κ3) is 4.90. The Morgan fingerprint density at radius 1 is 1.10 bits per heavy atom. The summed E-state index contributed by atoms with van der Waals surface area (Å²) in [7, 11) is 0. The highest BCUT2D eigenvalue weighted by molar-refractivity contribution is 6.00. The van der Waals surface area contributed by atoms with E-state index in [2.05, 4.69) is 31.3 Å². The smallest absolute Gasteiger partial charge is 0.271 e. The molecule has 2 aromatic carbocycles. The van der Waals surface area contributed by atoms with Gasteiger partial charge in [0.15, 0.2) is 0 Å². The van der Waals surface area contributed by atoms with Crippen molar-refractivity contribution in [2.24, 2.45) is 10.8 Å². The predicted octanol–water partition coefficient (Wildman–Crippen LogP) is 3.58. The summed E-state index contributed by atoms with van der Waals surface area (Å²) in [5.41, 5.74) is 11.4. The molecule has 0 radical (unpaired) electrons. The Kier molecular flexibility index (Phi) is 5.82. The molecule has 3 aromatic rings. The number of nitrogens with two attached hydrogens (primary N) is 1. The molecular weight excluding hydrogens is 364 g/mol. The summed E-state index contributed by atoms with van der Waals surface area (Å²) >= 11 is 0. The van der Waals surface area contributed by atoms with Crippen LogP contribution in [0.1, 0.15) is 48.7 Å². The lowest BCUT2D eigenvalue weighted by atomic mass is 9.87. The van der Waals surface area contributed by atoms with Crippen molar-refractivity contribution >= 4 is 28.9 Å². The first-order chi connectivity index (χ1) is 13.8. The van der Waals surface area contributed by atoms with E-state index < -0.39 is 0 Å². The number of para-hydroxylation sites is 1. The van der Waals surface area contributed by atoms with Gasteiger partial charge in [0.05, 0.1) is 6.21 Å². The fourth-order valence-electron chi connectivity index (χ4n) is 3.14. The fourth-order valence-corrected chi connectivity index (χ4v) is 3.14. The molecule has 2 amide bonds. The number of primary amides is 1. The Morgan fingerprint density at radius 3 is 2.45 bits per heavy atom. The molecular formula is C23H26N4O2. The molecule has 3 N–H and O–H groups in total. The molecule has 0 atom stereocenters. The van der Waals surface area contributed by atoms with E-state index in [1.54, 1.807) is 18.3 Å². The minimum absolute atomic E-state index is 0.0376. The topological polar surface area (TPSA) is 89.5 Å². The van der Waals surface area contributed by atoms with E-state index in [1.807, 2.05) is 47.2 Å². The zero-order valence-electron chi connectivity index (χ0n) is 17.0. The first kappa shape index (κ1) is 20.3. The van der Waals surface area contributed by atoms with Crippen LogP contribution in [0.25, 0.3) is 10.9 Å². The van der Waals surface area contributed by atoms with Gasteiger partial charge in [0.25, 0.3) is 5.91 Å². The van der Waals surface area contributed by atoms with E-state index in [-0.39, 0.29) is 23.7 Å². The number of aromatic nitrogens is 1. The van der Waals surface area contributed by atoms with Crippen LogP contribution in [0.4, 0.5) is 0 Å². The van der Waals surface area contributed by atoms with Gasteiger partial charge in [-0.15, -0.1) is 0 Å². The van der Waals surface area contributed by atoms with Gasteiger partial charge < -0.3 is 10.3 Å². The number of fused-ring (bicyclic) bond motifs is 1. The number of hydrogen-bond acceptors (Lipinski definition) is 3. The normalized spacial score (nSPS) is 11.8. The van der Waals surface area contributed by atoms with Crippen molar-refractivity contribution in [1.82, 2.24) is 9.99 Å². The first-order valence-electron chi connectivity index (χ1n) is 9.56. The molecule has 0 bridgehead atoms. The van der Waals surface area contributed by atoms with Crippen molar-refractivity contribution in [3.8, 4) is 0 Å². The maximum atomic E-state index is 12.4. The summed E-state index contributed by atoms with van der Waals surface area (Å²) in [4.78, 5) is 23.5. The standard InChI is InChI=1S/C23H26N4O2/c1-23(2,3)18-10-8-16(9-11-18)22(29)26-25-14-17-15-27(13-12-21(24)28)20-7-5-4-6-19(17)20/h4-11,14-15H,12-13H2,1-3H3,(H2,24,28)(H,26,29)/b25-14-. The maximum Gasteiger partial charge on any atom is 0.271 e. The van der Waals surface area contributed by atoms with Gasteiger partial charge in [-0.2, -0.15) is 5.10 Å². The molecule has 0 fully saturated rings. The van der Waals surface area contributed by atoms with Crippen LogP contribution in [0.5, 0.6) is 0 Å². The largest absolute Gasteiger partial charge is 0.370 e. The second-order valence-electron chi connectivity index (χ2n) is 8.04. The molecule has 29 heavy (non-hydrogen) atoms. The number of carbonyl (C=O) groups is 2. The van der Waals surface area contributed by atoms with Crippen LogP contribution in [0, 0.1) is 0 Å². The highest BCUT2D eigenvalue weighted by Crippen LogP contribution is 2.22. The summed E-state index contributed by atoms with van der Waals surface area (Å²) in [5, 5.41) is 5.11. The molecule has 3 rings (SSSR count). The lowest BCUT2D eigenvalue weighted by molar-refractivity contribution is -0.118. The number of benzene rings is 2. The van der Waals surface area contributed by atoms with Gasteiger partial charge in [-0.25, -0.2) is 5.43 Å². The molecule has 1 heterocycles. The third-order valence-corrected chi connectivity index (χ3v) is 4.80. The Morgan fingerprint density at radius 2 is 1.79 bits per heavy atom. The van der Waals surface area contributed by atoms with Crippen LogP contribution in [0.15, 0.2) is 59.8 Å². The van der Waals surface area contributed by atoms with Crippen molar-refractivity contribution in [3.05, 3.63) is 71.4 Å². The van der Waals surface area contributed by atoms with E-state index in [1.165, 1.54) is 5.56 Å². The molecule has 6 heteroatoms. The average molecular weight is 390 g/mol. The van der Waals surface area contributed by atoms with Crippen LogP contribution in [0.2, 0.25) is 0 Å². The maximum absolute atomic E-state index is 12.4. The average Bonchev–Trinajstić information content (AvgIpc) is 3.04. The summed E-state index contributed by atoms with van der Waals surface area (Å²) in [6.07, 6.45) is 3.78. The van der Waals surface area contributed by atoms with Gasteiger partial charge >= 0.3 is 0 Å². The fraction of sp³-hybridized carbons (Fsp3) is 0.261. The van der Waals surface area contributed by atoms with Gasteiger partial charge in [0.2, 0.25) is 5.91 Å². The van der Waals surface area contributed by atoms with E-state index in [0.29, 0.717) is 12.1 Å². The number of hydrazone groups is 1. The highest BCUT2D eigenvalue weighted by Gasteiger charge is 2.14. The van der Waals surface area contributed by atoms with Crippen molar-refractivity contribution < 1.29 is 9.59 Å². The Labute approximate surface area is 170 Å². The van der Waals surface area contributed by atoms with E-state index in [0.717, 1.165) is 16.5 Å². The van der Waals surface area contributed by atoms with Gasteiger partial charge in [0, 0.05) is 41.2 Å². The summed E-state index contributed by atoms with van der Waals surface area (Å²) < 4.78 is 1.97. The summed E-state index contributed by atoms with van der Waals surface area (Å²) in [6, 6.07) is 15.4. The Bertz CT molecular complexity index is 1060. The summed E-state index contributed by atoms with van der Waals surface area (Å²) in [5.74, 6) is -0.609. The Hall–Kier alpha value is -3.41. The molecule has 0 saturated heterocycles. The monoisotopic (exact) mass is 390 g/mol. The number of carbonyl (C=O) groups excluding carboxylic acids is 2. The van der Waals surface area contributed by atoms with E-state index in [4.69, 9.17) is 5.73 Å². The van der Waals surface area contributed by atoms with Crippen molar-refractivity contribution in [1.29, 1.82) is 0 Å². The quantitative estimate of drug-likeness (QED) is 0.498. The van der Waals surface area contributed by atoms with Crippen LogP contribution in [0.3, 0.4) is 0 Å². The molecule has 150 valence electrons. The molecule has 0 spiro atoms. The van der Waals surface area contributed by atoms with Crippen molar-refractivity contribution in [2.45, 2.75) is 39.2 Å². The highest BCUT2D eigenvalue weighted by atomic mass is 16.2. The van der Waals surface area contributed by atoms with Crippen LogP contribution in [-0.4, -0.2) is 22.6 Å². The third-order valence-electron chi connectivity index (χ3n) is 4.80. The lowest BCUT2D eigenvalue weighted by Crippen LogP contribution is -2.18. The number of aryl methyl sites for hydroxylation is 1.